The first-order valence-electron chi connectivity index (χ1n) is 16.7. The first-order valence-corrected chi connectivity index (χ1v) is 16.7. The van der Waals surface area contributed by atoms with Crippen LogP contribution in [0.5, 0.6) is 0 Å². The van der Waals surface area contributed by atoms with E-state index >= 15 is 0 Å². The lowest BCUT2D eigenvalue weighted by Gasteiger charge is -2.26. The number of anilines is 3. The molecule has 0 spiro atoms. The van der Waals surface area contributed by atoms with Crippen molar-refractivity contribution in [1.82, 2.24) is 4.57 Å². The Morgan fingerprint density at radius 1 is 0.429 bits per heavy atom. The Hall–Kier alpha value is -6.58. The molecule has 0 fully saturated rings. The van der Waals surface area contributed by atoms with Gasteiger partial charge >= 0.3 is 0 Å². The molecule has 0 unspecified atom stereocenters. The molecule has 3 nitrogen and oxygen atoms in total. The van der Waals surface area contributed by atoms with Gasteiger partial charge in [0.05, 0.1) is 27.8 Å². The quantitative estimate of drug-likeness (QED) is 0.190. The van der Waals surface area contributed by atoms with E-state index in [0.29, 0.717) is 0 Å². The zero-order chi connectivity index (χ0) is 32.3. The van der Waals surface area contributed by atoms with Gasteiger partial charge in [-0.1, -0.05) is 133 Å². The van der Waals surface area contributed by atoms with Crippen molar-refractivity contribution in [2.45, 2.75) is 0 Å². The number of rotatable bonds is 5. The second-order valence-electron chi connectivity index (χ2n) is 12.5. The molecule has 3 heteroatoms. The Balaban J connectivity index is 1.23. The zero-order valence-electron chi connectivity index (χ0n) is 26.6. The summed E-state index contributed by atoms with van der Waals surface area (Å²) in [6.45, 7) is 0. The Kier molecular flexibility index (Phi) is 6.18. The summed E-state index contributed by atoms with van der Waals surface area (Å²) >= 11 is 0. The highest BCUT2D eigenvalue weighted by atomic mass is 16.3. The third kappa shape index (κ3) is 4.29. The molecule has 0 saturated carbocycles. The van der Waals surface area contributed by atoms with Gasteiger partial charge in [0, 0.05) is 32.9 Å². The summed E-state index contributed by atoms with van der Waals surface area (Å²) in [5, 5.41) is 7.06. The fraction of sp³-hybridized carbons (Fsp3) is 0. The summed E-state index contributed by atoms with van der Waals surface area (Å²) < 4.78 is 9.31. The van der Waals surface area contributed by atoms with Gasteiger partial charge in [0.1, 0.15) is 5.58 Å². The number of benzene rings is 8. The highest BCUT2D eigenvalue weighted by Crippen LogP contribution is 2.45. The smallest absolute Gasteiger partial charge is 0.159 e. The van der Waals surface area contributed by atoms with Crippen molar-refractivity contribution in [2.75, 3.05) is 4.90 Å². The molecule has 10 rings (SSSR count). The summed E-state index contributed by atoms with van der Waals surface area (Å²) in [4.78, 5) is 2.34. The third-order valence-electron chi connectivity index (χ3n) is 9.77. The lowest BCUT2D eigenvalue weighted by molar-refractivity contribution is 0.666. The highest BCUT2D eigenvalue weighted by molar-refractivity contribution is 6.20. The van der Waals surface area contributed by atoms with Gasteiger partial charge in [0.2, 0.25) is 0 Å². The minimum Gasteiger partial charge on any atom is -0.454 e. The lowest BCUT2D eigenvalue weighted by atomic mass is 10.0. The second kappa shape index (κ2) is 11.0. The Morgan fingerprint density at radius 2 is 1.08 bits per heavy atom. The van der Waals surface area contributed by atoms with E-state index in [1.54, 1.807) is 0 Å². The van der Waals surface area contributed by atoms with E-state index in [-0.39, 0.29) is 0 Å². The maximum Gasteiger partial charge on any atom is 0.159 e. The average molecular weight is 627 g/mol. The van der Waals surface area contributed by atoms with Gasteiger partial charge in [-0.05, 0) is 65.0 Å². The fourth-order valence-corrected chi connectivity index (χ4v) is 7.59. The number of hydrogen-bond acceptors (Lipinski definition) is 2. The zero-order valence-corrected chi connectivity index (χ0v) is 26.6. The van der Waals surface area contributed by atoms with E-state index in [2.05, 4.69) is 191 Å². The van der Waals surface area contributed by atoms with Crippen LogP contribution in [0.25, 0.3) is 71.3 Å². The van der Waals surface area contributed by atoms with Gasteiger partial charge < -0.3 is 13.9 Å². The van der Waals surface area contributed by atoms with Crippen LogP contribution in [-0.2, 0) is 0 Å². The molecule has 0 aliphatic carbocycles. The normalized spacial score (nSPS) is 11.7. The van der Waals surface area contributed by atoms with Gasteiger partial charge in [-0.15, -0.1) is 0 Å². The number of fused-ring (bicyclic) bond motifs is 8. The molecule has 10 aromatic rings. The van der Waals surface area contributed by atoms with Crippen LogP contribution in [0.1, 0.15) is 0 Å². The topological polar surface area (TPSA) is 21.3 Å². The minimum absolute atomic E-state index is 0.854. The lowest BCUT2D eigenvalue weighted by Crippen LogP contribution is -2.10. The van der Waals surface area contributed by atoms with E-state index in [0.717, 1.165) is 50.2 Å². The summed E-state index contributed by atoms with van der Waals surface area (Å²) in [5.41, 5.74) is 10.7. The molecular formula is C46H30N2O. The third-order valence-corrected chi connectivity index (χ3v) is 9.77. The molecule has 49 heavy (non-hydrogen) atoms. The predicted molar refractivity (Wildman–Crippen MR) is 206 cm³/mol. The average Bonchev–Trinajstić information content (AvgIpc) is 3.73. The largest absolute Gasteiger partial charge is 0.454 e. The number of furan rings is 1. The van der Waals surface area contributed by atoms with Gasteiger partial charge in [-0.25, -0.2) is 0 Å². The van der Waals surface area contributed by atoms with Crippen molar-refractivity contribution in [1.29, 1.82) is 0 Å². The first kappa shape index (κ1) is 27.5. The molecule has 2 aromatic heterocycles. The van der Waals surface area contributed by atoms with E-state index in [1.165, 1.54) is 38.2 Å². The molecule has 0 atom stereocenters. The van der Waals surface area contributed by atoms with Crippen LogP contribution in [0.3, 0.4) is 0 Å². The molecule has 0 aliphatic heterocycles. The van der Waals surface area contributed by atoms with E-state index in [9.17, 15) is 0 Å². The van der Waals surface area contributed by atoms with Gasteiger partial charge in [-0.3, -0.25) is 0 Å². The van der Waals surface area contributed by atoms with Crippen molar-refractivity contribution in [3.05, 3.63) is 182 Å². The minimum atomic E-state index is 0.854. The molecule has 0 aliphatic rings. The Morgan fingerprint density at radius 3 is 1.92 bits per heavy atom. The van der Waals surface area contributed by atoms with Crippen LogP contribution in [0.15, 0.2) is 186 Å². The standard InChI is InChI=1S/C46H30N2O/c1-3-13-31(14-4-1)32-25-28-35(29-26-32)47(34-16-5-2-6-17-34)41-22-12-24-43-44(41)39-20-11-23-42(46(39)49-43)48-40-21-10-9-19-37(40)38-30-27-33-15-7-8-18-36(33)45(38)48/h1-30H. The summed E-state index contributed by atoms with van der Waals surface area (Å²) in [5.74, 6) is 0. The fourth-order valence-electron chi connectivity index (χ4n) is 7.59. The van der Waals surface area contributed by atoms with Crippen LogP contribution >= 0.6 is 0 Å². The number of aromatic nitrogens is 1. The van der Waals surface area contributed by atoms with Crippen molar-refractivity contribution >= 4 is 71.6 Å². The number of nitrogens with zero attached hydrogens (tertiary/aromatic N) is 2. The van der Waals surface area contributed by atoms with Crippen LogP contribution in [0.2, 0.25) is 0 Å². The highest BCUT2D eigenvalue weighted by Gasteiger charge is 2.23. The second-order valence-corrected chi connectivity index (χ2v) is 12.5. The predicted octanol–water partition coefficient (Wildman–Crippen LogP) is 13.0. The molecule has 0 amide bonds. The van der Waals surface area contributed by atoms with Crippen LogP contribution in [-0.4, -0.2) is 4.57 Å². The van der Waals surface area contributed by atoms with Crippen molar-refractivity contribution < 1.29 is 4.42 Å². The Bertz CT molecular complexity index is 2810. The molecule has 230 valence electrons. The maximum atomic E-state index is 6.91. The van der Waals surface area contributed by atoms with E-state index < -0.39 is 0 Å². The van der Waals surface area contributed by atoms with Crippen molar-refractivity contribution in [3.8, 4) is 16.8 Å². The molecule has 0 saturated heterocycles. The number of hydrogen-bond donors (Lipinski definition) is 0. The SMILES string of the molecule is c1ccc(-c2ccc(N(c3ccccc3)c3cccc4oc5c(-n6c7ccccc7c7ccc8ccccc8c76)cccc5c34)cc2)cc1. The molecule has 0 N–H and O–H groups in total. The van der Waals surface area contributed by atoms with Gasteiger partial charge in [0.25, 0.3) is 0 Å². The summed E-state index contributed by atoms with van der Waals surface area (Å²) in [6, 6.07) is 64.7. The van der Waals surface area contributed by atoms with Crippen LogP contribution in [0.4, 0.5) is 17.1 Å². The first-order chi connectivity index (χ1) is 24.3. The Labute approximate surface area is 283 Å². The summed E-state index contributed by atoms with van der Waals surface area (Å²) in [6.07, 6.45) is 0. The number of para-hydroxylation sites is 3. The molecule has 0 bridgehead atoms. The summed E-state index contributed by atoms with van der Waals surface area (Å²) in [7, 11) is 0. The molecule has 8 aromatic carbocycles. The van der Waals surface area contributed by atoms with Gasteiger partial charge in [0.15, 0.2) is 5.58 Å². The van der Waals surface area contributed by atoms with E-state index in [1.807, 2.05) is 0 Å². The van der Waals surface area contributed by atoms with E-state index in [4.69, 9.17) is 4.42 Å². The molecule has 2 heterocycles. The van der Waals surface area contributed by atoms with Crippen LogP contribution in [0, 0.1) is 0 Å². The molecular weight excluding hydrogens is 597 g/mol. The molecule has 0 radical (unpaired) electrons. The van der Waals surface area contributed by atoms with Crippen molar-refractivity contribution in [2.24, 2.45) is 0 Å². The maximum absolute atomic E-state index is 6.91. The van der Waals surface area contributed by atoms with Crippen molar-refractivity contribution in [3.63, 3.8) is 0 Å². The van der Waals surface area contributed by atoms with Crippen LogP contribution < -0.4 is 4.90 Å². The van der Waals surface area contributed by atoms with Gasteiger partial charge in [-0.2, -0.15) is 0 Å². The monoisotopic (exact) mass is 626 g/mol.